The lowest BCUT2D eigenvalue weighted by Gasteiger charge is -2.34. The van der Waals surface area contributed by atoms with Crippen molar-refractivity contribution < 1.29 is 18.0 Å². The van der Waals surface area contributed by atoms with Gasteiger partial charge in [-0.05, 0) is 34.6 Å². The number of sulfonamides is 1. The van der Waals surface area contributed by atoms with Gasteiger partial charge in [-0.3, -0.25) is 9.59 Å². The number of benzene rings is 2. The van der Waals surface area contributed by atoms with E-state index in [1.54, 1.807) is 17.5 Å². The normalized spacial score (nSPS) is 16.1. The van der Waals surface area contributed by atoms with Gasteiger partial charge < -0.3 is 10.6 Å². The second-order valence-electron chi connectivity index (χ2n) is 7.77. The summed E-state index contributed by atoms with van der Waals surface area (Å²) in [5.41, 5.74) is 2.84. The summed E-state index contributed by atoms with van der Waals surface area (Å²) < 4.78 is 28.0. The largest absolute Gasteiger partial charge is 0.354 e. The molecule has 4 rings (SSSR count). The Bertz CT molecular complexity index is 1210. The Morgan fingerprint density at radius 3 is 2.39 bits per heavy atom. The number of nitrogens with zero attached hydrogens (tertiary/aromatic N) is 1. The molecule has 2 amide bonds. The fraction of sp³-hybridized carbons (Fsp3) is 0.250. The third-order valence-electron chi connectivity index (χ3n) is 5.55. The zero-order chi connectivity index (χ0) is 23.3. The van der Waals surface area contributed by atoms with Crippen LogP contribution in [0.4, 0.5) is 0 Å². The van der Waals surface area contributed by atoms with Crippen LogP contribution in [0.25, 0.3) is 0 Å². The van der Waals surface area contributed by atoms with Crippen molar-refractivity contribution in [2.45, 2.75) is 36.2 Å². The maximum atomic E-state index is 13.3. The van der Waals surface area contributed by atoms with Gasteiger partial charge in [0.1, 0.15) is 10.3 Å². The number of carbonyl (C=O) groups is 2. The van der Waals surface area contributed by atoms with Crippen LogP contribution in [-0.4, -0.2) is 37.1 Å². The second-order valence-corrected chi connectivity index (χ2v) is 10.8. The number of hydrogen-bond donors (Lipinski definition) is 2. The highest BCUT2D eigenvalue weighted by atomic mass is 32.2. The van der Waals surface area contributed by atoms with Crippen LogP contribution < -0.4 is 10.6 Å². The zero-order valence-electron chi connectivity index (χ0n) is 17.9. The van der Waals surface area contributed by atoms with Crippen molar-refractivity contribution in [3.8, 4) is 0 Å². The van der Waals surface area contributed by atoms with E-state index in [-0.39, 0.29) is 36.0 Å². The van der Waals surface area contributed by atoms with E-state index < -0.39 is 22.0 Å². The van der Waals surface area contributed by atoms with Gasteiger partial charge in [0.2, 0.25) is 11.8 Å². The number of hydrogen-bond acceptors (Lipinski definition) is 5. The lowest BCUT2D eigenvalue weighted by Crippen LogP contribution is -2.52. The van der Waals surface area contributed by atoms with Crippen molar-refractivity contribution in [1.29, 1.82) is 0 Å². The van der Waals surface area contributed by atoms with Gasteiger partial charge in [0.15, 0.2) is 0 Å². The Hall–Kier alpha value is -3.01. The quantitative estimate of drug-likeness (QED) is 0.515. The summed E-state index contributed by atoms with van der Waals surface area (Å²) >= 11 is 1.13. The molecule has 0 fully saturated rings. The van der Waals surface area contributed by atoms with Crippen molar-refractivity contribution in [3.05, 3.63) is 88.8 Å². The van der Waals surface area contributed by atoms with E-state index in [9.17, 15) is 18.0 Å². The molecule has 0 aliphatic carbocycles. The molecule has 2 aromatic carbocycles. The maximum absolute atomic E-state index is 13.3. The number of amides is 2. The molecule has 0 saturated carbocycles. The summed E-state index contributed by atoms with van der Waals surface area (Å²) in [6.07, 6.45) is 0.395. The number of nitrogens with one attached hydrogen (secondary N) is 2. The Morgan fingerprint density at radius 1 is 0.939 bits per heavy atom. The van der Waals surface area contributed by atoms with E-state index in [1.165, 1.54) is 4.31 Å². The molecule has 33 heavy (non-hydrogen) atoms. The molecule has 0 bridgehead atoms. The summed E-state index contributed by atoms with van der Waals surface area (Å²) in [4.78, 5) is 25.2. The van der Waals surface area contributed by atoms with Gasteiger partial charge in [0.25, 0.3) is 10.0 Å². The fourth-order valence-corrected chi connectivity index (χ4v) is 6.49. The van der Waals surface area contributed by atoms with Crippen molar-refractivity contribution in [2.24, 2.45) is 0 Å². The lowest BCUT2D eigenvalue weighted by atomic mass is 9.95. The highest BCUT2D eigenvalue weighted by Gasteiger charge is 2.39. The smallest absolute Gasteiger partial charge is 0.253 e. The minimum Gasteiger partial charge on any atom is -0.354 e. The number of fused-ring (bicyclic) bond motifs is 1. The number of rotatable bonds is 8. The third kappa shape index (κ3) is 5.50. The maximum Gasteiger partial charge on any atom is 0.253 e. The molecule has 9 heteroatoms. The molecule has 0 saturated heterocycles. The molecule has 172 valence electrons. The van der Waals surface area contributed by atoms with Crippen LogP contribution in [0.1, 0.15) is 23.1 Å². The van der Waals surface area contributed by atoms with Crippen LogP contribution in [-0.2, 0) is 39.1 Å². The summed E-state index contributed by atoms with van der Waals surface area (Å²) in [5, 5.41) is 7.28. The monoisotopic (exact) mass is 483 g/mol. The van der Waals surface area contributed by atoms with Gasteiger partial charge in [-0.2, -0.15) is 4.31 Å². The van der Waals surface area contributed by atoms with E-state index in [1.807, 2.05) is 54.6 Å². The Morgan fingerprint density at radius 2 is 1.67 bits per heavy atom. The molecule has 0 unspecified atom stereocenters. The first-order chi connectivity index (χ1) is 15.9. The molecule has 2 N–H and O–H groups in total. The van der Waals surface area contributed by atoms with Crippen LogP contribution in [0.5, 0.6) is 0 Å². The molecular weight excluding hydrogens is 458 g/mol. The molecular formula is C24H25N3O4S2. The first-order valence-electron chi connectivity index (χ1n) is 10.7. The molecule has 1 atom stereocenters. The molecule has 0 spiro atoms. The first-order valence-corrected chi connectivity index (χ1v) is 13.0. The SMILES string of the molecule is O=C(CCNC(=O)[C@@H]1Cc2ccccc2CN1S(=O)(=O)c1cccs1)NCc1ccccc1. The average Bonchev–Trinajstić information content (AvgIpc) is 3.38. The van der Waals surface area contributed by atoms with E-state index >= 15 is 0 Å². The van der Waals surface area contributed by atoms with Gasteiger partial charge in [0, 0.05) is 26.1 Å². The third-order valence-corrected chi connectivity index (χ3v) is 8.78. The Kier molecular flexibility index (Phi) is 7.22. The summed E-state index contributed by atoms with van der Waals surface area (Å²) in [7, 11) is -3.82. The molecule has 1 aliphatic rings. The van der Waals surface area contributed by atoms with Crippen molar-refractivity contribution in [3.63, 3.8) is 0 Å². The van der Waals surface area contributed by atoms with Crippen LogP contribution in [0.3, 0.4) is 0 Å². The molecule has 1 aliphatic heterocycles. The van der Waals surface area contributed by atoms with E-state index in [4.69, 9.17) is 0 Å². The summed E-state index contributed by atoms with van der Waals surface area (Å²) in [6, 6.07) is 19.5. The van der Waals surface area contributed by atoms with Crippen molar-refractivity contribution >= 4 is 33.2 Å². The second kappa shape index (κ2) is 10.3. The lowest BCUT2D eigenvalue weighted by molar-refractivity contribution is -0.125. The Balaban J connectivity index is 1.40. The molecule has 1 aromatic heterocycles. The zero-order valence-corrected chi connectivity index (χ0v) is 19.6. The minimum atomic E-state index is -3.82. The topological polar surface area (TPSA) is 95.6 Å². The predicted octanol–water partition coefficient (Wildman–Crippen LogP) is 2.69. The first kappa shape index (κ1) is 23.2. The van der Waals surface area contributed by atoms with Gasteiger partial charge in [-0.15, -0.1) is 11.3 Å². The van der Waals surface area contributed by atoms with E-state index in [0.29, 0.717) is 6.54 Å². The highest BCUT2D eigenvalue weighted by Crippen LogP contribution is 2.30. The van der Waals surface area contributed by atoms with Gasteiger partial charge in [0.05, 0.1) is 0 Å². The molecule has 7 nitrogen and oxygen atoms in total. The predicted molar refractivity (Wildman–Crippen MR) is 127 cm³/mol. The van der Waals surface area contributed by atoms with Crippen LogP contribution in [0.15, 0.2) is 76.3 Å². The van der Waals surface area contributed by atoms with Gasteiger partial charge in [-0.25, -0.2) is 8.42 Å². The van der Waals surface area contributed by atoms with Crippen LogP contribution in [0, 0.1) is 0 Å². The highest BCUT2D eigenvalue weighted by molar-refractivity contribution is 7.91. The molecule has 3 aromatic rings. The molecule has 0 radical (unpaired) electrons. The Labute approximate surface area is 197 Å². The van der Waals surface area contributed by atoms with E-state index in [0.717, 1.165) is 28.0 Å². The average molecular weight is 484 g/mol. The summed E-state index contributed by atoms with van der Waals surface area (Å²) in [5.74, 6) is -0.586. The van der Waals surface area contributed by atoms with Crippen LogP contribution >= 0.6 is 11.3 Å². The van der Waals surface area contributed by atoms with Gasteiger partial charge in [-0.1, -0.05) is 60.7 Å². The van der Waals surface area contributed by atoms with Gasteiger partial charge >= 0.3 is 0 Å². The van der Waals surface area contributed by atoms with Crippen molar-refractivity contribution in [1.82, 2.24) is 14.9 Å². The minimum absolute atomic E-state index is 0.111. The molecule has 2 heterocycles. The van der Waals surface area contributed by atoms with E-state index in [2.05, 4.69) is 10.6 Å². The fourth-order valence-electron chi connectivity index (χ4n) is 3.80. The van der Waals surface area contributed by atoms with Crippen LogP contribution in [0.2, 0.25) is 0 Å². The standard InChI is InChI=1S/C24H25N3O4S2/c28-22(26-16-18-7-2-1-3-8-18)12-13-25-24(29)21-15-19-9-4-5-10-20(19)17-27(21)33(30,31)23-11-6-14-32-23/h1-11,14,21H,12-13,15-17H2,(H,25,29)(H,26,28)/t21-/m0/s1. The number of carbonyl (C=O) groups excluding carboxylic acids is 2. The summed E-state index contributed by atoms with van der Waals surface area (Å²) in [6.45, 7) is 0.677. The number of thiophene rings is 1. The van der Waals surface area contributed by atoms with Crippen molar-refractivity contribution in [2.75, 3.05) is 6.54 Å².